The molecule has 7 aliphatic carbocycles. The van der Waals surface area contributed by atoms with Gasteiger partial charge in [-0.3, -0.25) is 6.08 Å². The van der Waals surface area contributed by atoms with Crippen molar-refractivity contribution >= 4 is 9.78 Å². The Labute approximate surface area is 274 Å². The Morgan fingerprint density at radius 2 is 1.52 bits per heavy atom. The molecule has 3 fully saturated rings. The molecule has 42 heavy (non-hydrogen) atoms. The average molecular weight is 638 g/mol. The summed E-state index contributed by atoms with van der Waals surface area (Å²) in [4.78, 5) is 0. The zero-order chi connectivity index (χ0) is 29.6. The normalized spacial score (nSPS) is 24.8. The average Bonchev–Trinajstić information content (AvgIpc) is 3.91. The predicted octanol–water partition coefficient (Wildman–Crippen LogP) is 11.3. The fourth-order valence-corrected chi connectivity index (χ4v) is 7.98. The topological polar surface area (TPSA) is 0 Å². The van der Waals surface area contributed by atoms with Crippen LogP contribution in [0.3, 0.4) is 0 Å². The van der Waals surface area contributed by atoms with Crippen LogP contribution in [0.15, 0.2) is 71.4 Å². The zero-order valence-electron chi connectivity index (χ0n) is 26.6. The molecule has 0 bridgehead atoms. The first-order valence-corrected chi connectivity index (χ1v) is 18.8. The third-order valence-corrected chi connectivity index (χ3v) is 10.2. The molecule has 0 saturated heterocycles. The fraction of sp³-hybridized carbons (Fsp3) is 0.512. The molecular weight excluding hydrogens is 584 g/mol. The summed E-state index contributed by atoms with van der Waals surface area (Å²) in [6.45, 7) is 4.35. The van der Waals surface area contributed by atoms with Gasteiger partial charge in [0.05, 0.1) is 0 Å². The van der Waals surface area contributed by atoms with Gasteiger partial charge in [0.1, 0.15) is 0 Å². The van der Waals surface area contributed by atoms with E-state index in [1.165, 1.54) is 113 Å². The molecule has 1 heteroatoms. The number of hydrogen-bond donors (Lipinski definition) is 0. The van der Waals surface area contributed by atoms with Crippen LogP contribution in [0.25, 0.3) is 5.57 Å². The third-order valence-electron chi connectivity index (χ3n) is 10.2. The van der Waals surface area contributed by atoms with Crippen molar-refractivity contribution in [3.63, 3.8) is 0 Å². The summed E-state index contributed by atoms with van der Waals surface area (Å²) < 4.78 is 3.34. The summed E-state index contributed by atoms with van der Waals surface area (Å²) in [7, 11) is 0. The SMILES string of the molecule is C1=CC2=C3C(=C4[CH-]CCCC4C2CC1)Cc1ccccc13.C[CH-]C1CCCC1.C[CH-]C1CCCC1.[C-]1=CC=CC1.[CH2]=[Zr]. The van der Waals surface area contributed by atoms with E-state index in [9.17, 15) is 0 Å². The maximum atomic E-state index is 3.34. The van der Waals surface area contributed by atoms with Crippen molar-refractivity contribution in [1.82, 2.24) is 0 Å². The Morgan fingerprint density at radius 3 is 2.10 bits per heavy atom. The quantitative estimate of drug-likeness (QED) is 0.283. The summed E-state index contributed by atoms with van der Waals surface area (Å²) in [6.07, 6.45) is 41.7. The summed E-state index contributed by atoms with van der Waals surface area (Å²) >= 11 is 1.30. The number of rotatable bonds is 2. The van der Waals surface area contributed by atoms with Gasteiger partial charge in [-0.25, -0.2) is 24.1 Å². The fourth-order valence-electron chi connectivity index (χ4n) is 7.98. The maximum absolute atomic E-state index is 3.34. The first kappa shape index (κ1) is 33.4. The summed E-state index contributed by atoms with van der Waals surface area (Å²) in [5, 5.41) is 0. The summed E-state index contributed by atoms with van der Waals surface area (Å²) in [5.74, 6) is 3.54. The Bertz CT molecular complexity index is 1090. The third kappa shape index (κ3) is 8.81. The van der Waals surface area contributed by atoms with Crippen LogP contribution in [-0.2, 0) is 30.7 Å². The molecule has 1 aromatic rings. The van der Waals surface area contributed by atoms with Gasteiger partial charge in [0.25, 0.3) is 0 Å². The molecule has 0 nitrogen and oxygen atoms in total. The number of allylic oxidation sites excluding steroid dienone is 10. The van der Waals surface area contributed by atoms with Gasteiger partial charge < -0.3 is 12.8 Å². The second kappa shape index (κ2) is 18.4. The van der Waals surface area contributed by atoms with Crippen LogP contribution in [0.2, 0.25) is 0 Å². The summed E-state index contributed by atoms with van der Waals surface area (Å²) in [6, 6.07) is 9.07. The van der Waals surface area contributed by atoms with Gasteiger partial charge in [0.15, 0.2) is 0 Å². The molecule has 0 spiro atoms. The van der Waals surface area contributed by atoms with E-state index < -0.39 is 0 Å². The van der Waals surface area contributed by atoms with Crippen LogP contribution in [0.1, 0.15) is 115 Å². The van der Waals surface area contributed by atoms with Crippen LogP contribution < -0.4 is 0 Å². The van der Waals surface area contributed by atoms with Crippen molar-refractivity contribution in [2.24, 2.45) is 23.7 Å². The predicted molar refractivity (Wildman–Crippen MR) is 180 cm³/mol. The van der Waals surface area contributed by atoms with Crippen molar-refractivity contribution in [2.45, 2.75) is 110 Å². The van der Waals surface area contributed by atoms with E-state index >= 15 is 0 Å². The van der Waals surface area contributed by atoms with Crippen LogP contribution in [-0.4, -0.2) is 4.21 Å². The molecule has 8 rings (SSSR count). The van der Waals surface area contributed by atoms with Crippen molar-refractivity contribution < 1.29 is 24.2 Å². The van der Waals surface area contributed by atoms with Crippen LogP contribution in [0.4, 0.5) is 0 Å². The molecule has 0 aliphatic heterocycles. The van der Waals surface area contributed by atoms with Crippen molar-refractivity contribution in [3.05, 3.63) is 108 Å². The minimum absolute atomic E-state index is 0.784. The Kier molecular flexibility index (Phi) is 14.6. The van der Waals surface area contributed by atoms with Gasteiger partial charge in [-0.05, 0) is 36.7 Å². The first-order valence-electron chi connectivity index (χ1n) is 17.0. The van der Waals surface area contributed by atoms with Crippen molar-refractivity contribution in [3.8, 4) is 0 Å². The monoisotopic (exact) mass is 636 g/mol. The van der Waals surface area contributed by atoms with Crippen molar-refractivity contribution in [1.29, 1.82) is 0 Å². The molecule has 3 saturated carbocycles. The van der Waals surface area contributed by atoms with Crippen LogP contribution in [0, 0.1) is 49.0 Å². The van der Waals surface area contributed by atoms with E-state index in [4.69, 9.17) is 0 Å². The summed E-state index contributed by atoms with van der Waals surface area (Å²) in [5.41, 5.74) is 9.71. The number of benzene rings is 1. The van der Waals surface area contributed by atoms with Gasteiger partial charge in [-0.2, -0.15) is 37.3 Å². The molecule has 226 valence electrons. The van der Waals surface area contributed by atoms with Crippen molar-refractivity contribution in [2.75, 3.05) is 0 Å². The molecule has 0 aromatic heterocycles. The van der Waals surface area contributed by atoms with Gasteiger partial charge in [-0.1, -0.05) is 117 Å². The molecule has 7 aliphatic rings. The standard InChI is InChI=1S/C21H21.2C7H13.C5H5.CH2.Zr/c1-2-8-15-14(7-1)13-20-18-11-4-3-9-16(18)17-10-5-6-12-19(17)21(15)20;2*1-2-7-5-3-4-6-7;1-2-4-5-3-1;;/h1-2,6-8,11-12,16-17H,3-5,9-10,13H2;2*2,7H,3-6H2,1H3;1-3H,4H2;1H2;/q4*-1;;. The molecule has 0 heterocycles. The van der Waals surface area contributed by atoms with E-state index in [1.807, 2.05) is 12.2 Å². The first-order chi connectivity index (χ1) is 20.8. The van der Waals surface area contributed by atoms with E-state index in [2.05, 4.69) is 85.9 Å². The molecule has 1 aromatic carbocycles. The molecule has 2 atom stereocenters. The minimum atomic E-state index is 0.784. The molecule has 2 unspecified atom stereocenters. The Hall–Kier alpha value is -1.46. The van der Waals surface area contributed by atoms with Crippen LogP contribution >= 0.6 is 0 Å². The second-order valence-corrected chi connectivity index (χ2v) is 12.7. The molecular formula is C41H54Zr-4. The van der Waals surface area contributed by atoms with Crippen LogP contribution in [0.5, 0.6) is 0 Å². The van der Waals surface area contributed by atoms with Gasteiger partial charge in [0, 0.05) is 0 Å². The zero-order valence-corrected chi connectivity index (χ0v) is 29.0. The number of hydrogen-bond acceptors (Lipinski definition) is 0. The molecule has 0 amide bonds. The van der Waals surface area contributed by atoms with Gasteiger partial charge in [-0.15, -0.1) is 12.8 Å². The second-order valence-electron chi connectivity index (χ2n) is 12.7. The van der Waals surface area contributed by atoms with E-state index in [0.717, 1.165) is 36.5 Å². The van der Waals surface area contributed by atoms with E-state index in [-0.39, 0.29) is 0 Å². The molecule has 0 N–H and O–H groups in total. The van der Waals surface area contributed by atoms with E-state index in [0.29, 0.717) is 0 Å². The number of fused-ring (bicyclic) bond motifs is 6. The van der Waals surface area contributed by atoms with Gasteiger partial charge >= 0.3 is 28.4 Å². The Balaban J connectivity index is 0.000000158. The molecule has 0 radical (unpaired) electrons. The Morgan fingerprint density at radius 1 is 0.833 bits per heavy atom. The van der Waals surface area contributed by atoms with E-state index in [1.54, 1.807) is 27.9 Å². The van der Waals surface area contributed by atoms with Gasteiger partial charge in [0.2, 0.25) is 0 Å².